The van der Waals surface area contributed by atoms with Crippen molar-refractivity contribution in [3.8, 4) is 0 Å². The zero-order chi connectivity index (χ0) is 19.3. The van der Waals surface area contributed by atoms with E-state index in [-0.39, 0.29) is 29.1 Å². The molecule has 0 bridgehead atoms. The molecule has 0 spiro atoms. The number of alkyl halides is 2. The standard InChI is InChI=1S/C18H23ClF2N2O2S/c1-17(2,3)15-9-13-8-14(26(19,24)25)10-22-16(13)23(15)11-12-4-6-18(20,21)7-5-12/h8-10,12H,4-7,11H2,1-3H3. The largest absolute Gasteiger partial charge is 0.329 e. The minimum Gasteiger partial charge on any atom is -0.329 e. The maximum atomic E-state index is 13.4. The Morgan fingerprint density at radius 3 is 2.42 bits per heavy atom. The van der Waals surface area contributed by atoms with Crippen LogP contribution in [-0.2, 0) is 21.0 Å². The first kappa shape index (κ1) is 19.5. The molecule has 2 aromatic rings. The molecule has 8 heteroatoms. The molecule has 144 valence electrons. The maximum absolute atomic E-state index is 13.4. The van der Waals surface area contributed by atoms with Crippen molar-refractivity contribution in [3.63, 3.8) is 0 Å². The van der Waals surface area contributed by atoms with Gasteiger partial charge in [0.15, 0.2) is 0 Å². The molecule has 0 aromatic carbocycles. The Kier molecular flexibility index (Phi) is 4.84. The van der Waals surface area contributed by atoms with E-state index in [1.54, 1.807) is 0 Å². The molecule has 2 aromatic heterocycles. The Balaban J connectivity index is 2.02. The second kappa shape index (κ2) is 6.44. The summed E-state index contributed by atoms with van der Waals surface area (Å²) in [6, 6.07) is 3.44. The number of fused-ring (bicyclic) bond motifs is 1. The van der Waals surface area contributed by atoms with Crippen LogP contribution < -0.4 is 0 Å². The van der Waals surface area contributed by atoms with Gasteiger partial charge in [-0.25, -0.2) is 22.2 Å². The van der Waals surface area contributed by atoms with Gasteiger partial charge in [0.05, 0.1) is 0 Å². The van der Waals surface area contributed by atoms with Crippen LogP contribution in [0.1, 0.15) is 52.1 Å². The van der Waals surface area contributed by atoms with Crippen molar-refractivity contribution >= 4 is 30.8 Å². The third-order valence-electron chi connectivity index (χ3n) is 5.04. The van der Waals surface area contributed by atoms with E-state index in [0.717, 1.165) is 5.69 Å². The van der Waals surface area contributed by atoms with Crippen LogP contribution in [0.2, 0.25) is 0 Å². The van der Waals surface area contributed by atoms with Gasteiger partial charge in [-0.2, -0.15) is 0 Å². The number of hydrogen-bond acceptors (Lipinski definition) is 3. The molecule has 0 amide bonds. The van der Waals surface area contributed by atoms with E-state index in [4.69, 9.17) is 10.7 Å². The molecule has 1 aliphatic carbocycles. The Labute approximate surface area is 157 Å². The van der Waals surface area contributed by atoms with Crippen molar-refractivity contribution in [1.82, 2.24) is 9.55 Å². The molecule has 0 radical (unpaired) electrons. The van der Waals surface area contributed by atoms with E-state index >= 15 is 0 Å². The summed E-state index contributed by atoms with van der Waals surface area (Å²) in [5.74, 6) is -2.39. The van der Waals surface area contributed by atoms with Gasteiger partial charge in [-0.3, -0.25) is 0 Å². The van der Waals surface area contributed by atoms with Gasteiger partial charge in [0.2, 0.25) is 5.92 Å². The molecule has 0 aliphatic heterocycles. The summed E-state index contributed by atoms with van der Waals surface area (Å²) in [6.07, 6.45) is 2.05. The lowest BCUT2D eigenvalue weighted by molar-refractivity contribution is -0.0473. The molecule has 0 unspecified atom stereocenters. The third kappa shape index (κ3) is 4.03. The lowest BCUT2D eigenvalue weighted by Crippen LogP contribution is -2.28. The maximum Gasteiger partial charge on any atom is 0.262 e. The lowest BCUT2D eigenvalue weighted by atomic mass is 9.86. The smallest absolute Gasteiger partial charge is 0.262 e. The van der Waals surface area contributed by atoms with Crippen LogP contribution in [0.25, 0.3) is 11.0 Å². The van der Waals surface area contributed by atoms with E-state index < -0.39 is 15.0 Å². The second-order valence-corrected chi connectivity index (χ2v) is 10.8. The summed E-state index contributed by atoms with van der Waals surface area (Å²) in [5.41, 5.74) is 1.47. The van der Waals surface area contributed by atoms with Crippen molar-refractivity contribution in [2.24, 2.45) is 5.92 Å². The van der Waals surface area contributed by atoms with Crippen LogP contribution in [0.3, 0.4) is 0 Å². The van der Waals surface area contributed by atoms with Gasteiger partial charge in [-0.15, -0.1) is 0 Å². The molecule has 0 atom stereocenters. The van der Waals surface area contributed by atoms with Crippen molar-refractivity contribution < 1.29 is 17.2 Å². The molecule has 2 heterocycles. The van der Waals surface area contributed by atoms with Gasteiger partial charge in [0.25, 0.3) is 9.05 Å². The quantitative estimate of drug-likeness (QED) is 0.670. The summed E-state index contributed by atoms with van der Waals surface area (Å²) >= 11 is 0. The van der Waals surface area contributed by atoms with E-state index in [1.807, 2.05) is 10.6 Å². The molecule has 3 rings (SSSR count). The lowest BCUT2D eigenvalue weighted by Gasteiger charge is -2.30. The van der Waals surface area contributed by atoms with E-state index in [0.29, 0.717) is 30.4 Å². The topological polar surface area (TPSA) is 52.0 Å². The second-order valence-electron chi connectivity index (χ2n) is 8.21. The molecular weight excluding hydrogens is 382 g/mol. The van der Waals surface area contributed by atoms with Crippen molar-refractivity contribution in [2.45, 2.75) is 69.2 Å². The average Bonchev–Trinajstić information content (AvgIpc) is 2.86. The first-order valence-corrected chi connectivity index (χ1v) is 11.0. The number of pyridine rings is 1. The van der Waals surface area contributed by atoms with Crippen LogP contribution in [0.15, 0.2) is 23.2 Å². The molecule has 1 fully saturated rings. The van der Waals surface area contributed by atoms with E-state index in [1.165, 1.54) is 12.3 Å². The van der Waals surface area contributed by atoms with Crippen LogP contribution in [0.5, 0.6) is 0 Å². The molecular formula is C18H23ClF2N2O2S. The highest BCUT2D eigenvalue weighted by molar-refractivity contribution is 8.13. The summed E-state index contributed by atoms with van der Waals surface area (Å²) in [5, 5.41) is 0.692. The molecule has 26 heavy (non-hydrogen) atoms. The van der Waals surface area contributed by atoms with Crippen LogP contribution in [0.4, 0.5) is 8.78 Å². The van der Waals surface area contributed by atoms with Gasteiger partial charge in [-0.1, -0.05) is 20.8 Å². The van der Waals surface area contributed by atoms with Crippen LogP contribution in [-0.4, -0.2) is 23.9 Å². The van der Waals surface area contributed by atoms with E-state index in [9.17, 15) is 17.2 Å². The molecule has 1 aliphatic rings. The molecule has 0 N–H and O–H groups in total. The monoisotopic (exact) mass is 404 g/mol. The predicted molar refractivity (Wildman–Crippen MR) is 98.4 cm³/mol. The zero-order valence-electron chi connectivity index (χ0n) is 15.1. The Morgan fingerprint density at radius 2 is 1.88 bits per heavy atom. The zero-order valence-corrected chi connectivity index (χ0v) is 16.7. The van der Waals surface area contributed by atoms with Gasteiger partial charge in [0.1, 0.15) is 10.5 Å². The first-order valence-electron chi connectivity index (χ1n) is 8.69. The molecule has 4 nitrogen and oxygen atoms in total. The van der Waals surface area contributed by atoms with Gasteiger partial charge >= 0.3 is 0 Å². The van der Waals surface area contributed by atoms with Gasteiger partial charge in [0, 0.05) is 52.8 Å². The fraction of sp³-hybridized carbons (Fsp3) is 0.611. The highest BCUT2D eigenvalue weighted by Gasteiger charge is 2.35. The molecule has 1 saturated carbocycles. The average molecular weight is 405 g/mol. The number of nitrogens with zero attached hydrogens (tertiary/aromatic N) is 2. The SMILES string of the molecule is CC(C)(C)c1cc2cc(S(=O)(=O)Cl)cnc2n1CC1CCC(F)(F)CC1. The van der Waals surface area contributed by atoms with Crippen molar-refractivity contribution in [3.05, 3.63) is 24.0 Å². The summed E-state index contributed by atoms with van der Waals surface area (Å²) in [4.78, 5) is 4.29. The van der Waals surface area contributed by atoms with Crippen LogP contribution in [0, 0.1) is 5.92 Å². The Morgan fingerprint density at radius 1 is 1.27 bits per heavy atom. The number of rotatable bonds is 3. The molecule has 0 saturated heterocycles. The fourth-order valence-electron chi connectivity index (χ4n) is 3.61. The van der Waals surface area contributed by atoms with Crippen molar-refractivity contribution in [1.29, 1.82) is 0 Å². The van der Waals surface area contributed by atoms with Gasteiger partial charge in [-0.05, 0) is 30.9 Å². The third-order valence-corrected chi connectivity index (χ3v) is 6.36. The summed E-state index contributed by atoms with van der Waals surface area (Å²) in [6.45, 7) is 6.79. The van der Waals surface area contributed by atoms with Crippen molar-refractivity contribution in [2.75, 3.05) is 0 Å². The summed E-state index contributed by atoms with van der Waals surface area (Å²) in [7, 11) is 1.58. The first-order chi connectivity index (χ1) is 11.9. The predicted octanol–water partition coefficient (Wildman–Crippen LogP) is 5.09. The Bertz CT molecular complexity index is 923. The number of aromatic nitrogens is 2. The Hall–Kier alpha value is -1.21. The number of hydrogen-bond donors (Lipinski definition) is 0. The minimum absolute atomic E-state index is 0.0402. The minimum atomic E-state index is -3.86. The number of halogens is 3. The van der Waals surface area contributed by atoms with Gasteiger partial charge < -0.3 is 4.57 Å². The normalized spacial score (nSPS) is 19.2. The highest BCUT2D eigenvalue weighted by atomic mass is 35.7. The fourth-order valence-corrected chi connectivity index (χ4v) is 4.31. The van der Waals surface area contributed by atoms with Crippen LogP contribution >= 0.6 is 10.7 Å². The van der Waals surface area contributed by atoms with E-state index in [2.05, 4.69) is 25.8 Å². The highest BCUT2D eigenvalue weighted by Crippen LogP contribution is 2.38. The summed E-state index contributed by atoms with van der Waals surface area (Å²) < 4.78 is 52.1.